The molecule has 0 unspecified atom stereocenters. The van der Waals surface area contributed by atoms with Crippen LogP contribution in [0.15, 0.2) is 35.4 Å². The maximum absolute atomic E-state index is 12.2. The van der Waals surface area contributed by atoms with Crippen LogP contribution >= 0.6 is 0 Å². The summed E-state index contributed by atoms with van der Waals surface area (Å²) in [4.78, 5) is 38.4. The molecular weight excluding hydrogens is 274 g/mol. The number of para-hydroxylation sites is 1. The lowest BCUT2D eigenvalue weighted by atomic mass is 10.2. The van der Waals surface area contributed by atoms with E-state index >= 15 is 0 Å². The molecule has 110 valence electrons. The van der Waals surface area contributed by atoms with E-state index < -0.39 is 17.9 Å². The number of aliphatic carboxylic acids is 1. The lowest BCUT2D eigenvalue weighted by Gasteiger charge is -2.14. The summed E-state index contributed by atoms with van der Waals surface area (Å²) in [5.41, 5.74) is 0.357. The van der Waals surface area contributed by atoms with E-state index in [0.717, 1.165) is 0 Å². The molecular formula is C14H14N3O4-. The SMILES string of the molecule is C[C@@H](NC(=O)CCn1cnc2ccccc2c1=O)C(=O)[O-]. The van der Waals surface area contributed by atoms with E-state index in [1.165, 1.54) is 17.8 Å². The molecule has 0 aliphatic carbocycles. The lowest BCUT2D eigenvalue weighted by Crippen LogP contribution is -2.46. The van der Waals surface area contributed by atoms with Crippen LogP contribution in [0.2, 0.25) is 0 Å². The van der Waals surface area contributed by atoms with E-state index in [2.05, 4.69) is 10.3 Å². The van der Waals surface area contributed by atoms with Crippen LogP contribution in [0.1, 0.15) is 13.3 Å². The van der Waals surface area contributed by atoms with Crippen molar-refractivity contribution in [3.63, 3.8) is 0 Å². The van der Waals surface area contributed by atoms with Gasteiger partial charge in [0.25, 0.3) is 5.56 Å². The molecule has 2 rings (SSSR count). The standard InChI is InChI=1S/C14H15N3O4/c1-9(14(20)21)16-12(18)6-7-17-8-15-11-5-3-2-4-10(11)13(17)19/h2-5,8-9H,6-7H2,1H3,(H,16,18)(H,20,21)/p-1/t9-/m1/s1. The van der Waals surface area contributed by atoms with Gasteiger partial charge < -0.3 is 15.2 Å². The Morgan fingerprint density at radius 3 is 2.81 bits per heavy atom. The van der Waals surface area contributed by atoms with E-state index in [1.54, 1.807) is 24.3 Å². The Labute approximate surface area is 120 Å². The zero-order chi connectivity index (χ0) is 15.4. The Balaban J connectivity index is 2.07. The number of amides is 1. The lowest BCUT2D eigenvalue weighted by molar-refractivity contribution is -0.307. The number of rotatable bonds is 5. The summed E-state index contributed by atoms with van der Waals surface area (Å²) >= 11 is 0. The number of aryl methyl sites for hydroxylation is 1. The van der Waals surface area contributed by atoms with Crippen molar-refractivity contribution in [3.05, 3.63) is 40.9 Å². The number of fused-ring (bicyclic) bond motifs is 1. The molecule has 0 saturated heterocycles. The number of carbonyl (C=O) groups is 2. The van der Waals surface area contributed by atoms with E-state index in [-0.39, 0.29) is 18.5 Å². The molecule has 0 aliphatic rings. The molecule has 1 aromatic carbocycles. The highest BCUT2D eigenvalue weighted by Gasteiger charge is 2.09. The minimum atomic E-state index is -1.35. The molecule has 0 bridgehead atoms. The maximum atomic E-state index is 12.2. The Morgan fingerprint density at radius 2 is 2.10 bits per heavy atom. The van der Waals surface area contributed by atoms with E-state index in [1.807, 2.05) is 0 Å². The predicted molar refractivity (Wildman–Crippen MR) is 73.2 cm³/mol. The number of carbonyl (C=O) groups excluding carboxylic acids is 2. The fourth-order valence-corrected chi connectivity index (χ4v) is 1.86. The van der Waals surface area contributed by atoms with Crippen molar-refractivity contribution in [1.29, 1.82) is 0 Å². The number of aromatic nitrogens is 2. The van der Waals surface area contributed by atoms with Crippen LogP contribution < -0.4 is 16.0 Å². The molecule has 2 aromatic rings. The van der Waals surface area contributed by atoms with Crippen molar-refractivity contribution in [1.82, 2.24) is 14.9 Å². The van der Waals surface area contributed by atoms with Crippen LogP contribution in [0.5, 0.6) is 0 Å². The molecule has 1 heterocycles. The summed E-state index contributed by atoms with van der Waals surface area (Å²) in [7, 11) is 0. The molecule has 7 nitrogen and oxygen atoms in total. The van der Waals surface area contributed by atoms with Gasteiger partial charge in [-0.2, -0.15) is 0 Å². The summed E-state index contributed by atoms with van der Waals surface area (Å²) in [6.45, 7) is 1.44. The summed E-state index contributed by atoms with van der Waals surface area (Å²) < 4.78 is 1.32. The largest absolute Gasteiger partial charge is 0.548 e. The normalized spacial score (nSPS) is 12.0. The number of hydrogen-bond acceptors (Lipinski definition) is 5. The third kappa shape index (κ3) is 3.44. The smallest absolute Gasteiger partial charge is 0.261 e. The molecule has 1 aromatic heterocycles. The number of nitrogens with zero attached hydrogens (tertiary/aromatic N) is 2. The Kier molecular flexibility index (Phi) is 4.32. The summed E-state index contributed by atoms with van der Waals surface area (Å²) in [5.74, 6) is -1.82. The number of carboxylic acid groups (broad SMARTS) is 1. The summed E-state index contributed by atoms with van der Waals surface area (Å²) in [5, 5.41) is 13.3. The zero-order valence-electron chi connectivity index (χ0n) is 11.4. The van der Waals surface area contributed by atoms with Crippen LogP contribution in [0.25, 0.3) is 10.9 Å². The van der Waals surface area contributed by atoms with Gasteiger partial charge in [-0.1, -0.05) is 12.1 Å². The van der Waals surface area contributed by atoms with Crippen molar-refractivity contribution >= 4 is 22.8 Å². The third-order valence-electron chi connectivity index (χ3n) is 3.04. The van der Waals surface area contributed by atoms with Gasteiger partial charge in [-0.25, -0.2) is 4.98 Å². The van der Waals surface area contributed by atoms with Crippen molar-refractivity contribution in [2.45, 2.75) is 25.9 Å². The van der Waals surface area contributed by atoms with Gasteiger partial charge in [0.1, 0.15) is 0 Å². The van der Waals surface area contributed by atoms with Crippen LogP contribution in [-0.2, 0) is 16.1 Å². The molecule has 21 heavy (non-hydrogen) atoms. The average molecular weight is 288 g/mol. The van der Waals surface area contributed by atoms with Gasteiger partial charge >= 0.3 is 0 Å². The Bertz CT molecular complexity index is 738. The fraction of sp³-hybridized carbons (Fsp3) is 0.286. The van der Waals surface area contributed by atoms with Crippen LogP contribution in [0.4, 0.5) is 0 Å². The second kappa shape index (κ2) is 6.17. The topological polar surface area (TPSA) is 104 Å². The number of nitrogens with one attached hydrogen (secondary N) is 1. The molecule has 0 radical (unpaired) electrons. The van der Waals surface area contributed by atoms with Gasteiger partial charge in [-0.3, -0.25) is 14.2 Å². The molecule has 0 fully saturated rings. The van der Waals surface area contributed by atoms with Crippen LogP contribution in [0.3, 0.4) is 0 Å². The van der Waals surface area contributed by atoms with Gasteiger partial charge in [0, 0.05) is 13.0 Å². The highest BCUT2D eigenvalue weighted by molar-refractivity contribution is 5.82. The molecule has 1 atom stereocenters. The molecule has 0 spiro atoms. The Hall–Kier alpha value is -2.70. The molecule has 1 amide bonds. The third-order valence-corrected chi connectivity index (χ3v) is 3.04. The number of carboxylic acids is 1. The summed E-state index contributed by atoms with van der Waals surface area (Å²) in [6.07, 6.45) is 1.36. The first-order valence-corrected chi connectivity index (χ1v) is 6.43. The highest BCUT2D eigenvalue weighted by atomic mass is 16.4. The molecule has 1 N–H and O–H groups in total. The monoisotopic (exact) mass is 288 g/mol. The first kappa shape index (κ1) is 14.7. The second-order valence-electron chi connectivity index (χ2n) is 4.62. The molecule has 7 heteroatoms. The van der Waals surface area contributed by atoms with E-state index in [4.69, 9.17) is 0 Å². The minimum Gasteiger partial charge on any atom is -0.548 e. The van der Waals surface area contributed by atoms with Crippen molar-refractivity contribution in [2.24, 2.45) is 0 Å². The van der Waals surface area contributed by atoms with Crippen molar-refractivity contribution in [3.8, 4) is 0 Å². The average Bonchev–Trinajstić information content (AvgIpc) is 2.46. The number of benzene rings is 1. The van der Waals surface area contributed by atoms with Gasteiger partial charge in [-0.05, 0) is 19.1 Å². The molecule has 0 aliphatic heterocycles. The Morgan fingerprint density at radius 1 is 1.38 bits per heavy atom. The van der Waals surface area contributed by atoms with E-state index in [9.17, 15) is 19.5 Å². The van der Waals surface area contributed by atoms with E-state index in [0.29, 0.717) is 10.9 Å². The van der Waals surface area contributed by atoms with Gasteiger partial charge in [0.15, 0.2) is 0 Å². The first-order chi connectivity index (χ1) is 9.99. The molecule has 0 saturated carbocycles. The predicted octanol–water partition coefficient (Wildman–Crippen LogP) is -0.959. The highest BCUT2D eigenvalue weighted by Crippen LogP contribution is 2.04. The fourth-order valence-electron chi connectivity index (χ4n) is 1.86. The van der Waals surface area contributed by atoms with Crippen LogP contribution in [-0.4, -0.2) is 27.5 Å². The zero-order valence-corrected chi connectivity index (χ0v) is 11.4. The minimum absolute atomic E-state index is 0.0163. The summed E-state index contributed by atoms with van der Waals surface area (Å²) in [6, 6.07) is 5.86. The van der Waals surface area contributed by atoms with Gasteiger partial charge in [-0.15, -0.1) is 0 Å². The van der Waals surface area contributed by atoms with Crippen molar-refractivity contribution in [2.75, 3.05) is 0 Å². The first-order valence-electron chi connectivity index (χ1n) is 6.43. The number of hydrogen-bond donors (Lipinski definition) is 1. The second-order valence-corrected chi connectivity index (χ2v) is 4.62. The van der Waals surface area contributed by atoms with Gasteiger partial charge in [0.05, 0.1) is 29.2 Å². The van der Waals surface area contributed by atoms with Crippen molar-refractivity contribution < 1.29 is 14.7 Å². The quantitative estimate of drug-likeness (QED) is 0.763. The van der Waals surface area contributed by atoms with Crippen LogP contribution in [0, 0.1) is 0 Å². The maximum Gasteiger partial charge on any atom is 0.261 e. The van der Waals surface area contributed by atoms with Gasteiger partial charge in [0.2, 0.25) is 5.91 Å².